The first kappa shape index (κ1) is 27.8. The first-order chi connectivity index (χ1) is 19.4. The lowest BCUT2D eigenvalue weighted by molar-refractivity contribution is -0.128. The van der Waals surface area contributed by atoms with E-state index in [2.05, 4.69) is 34.4 Å². The lowest BCUT2D eigenvalue weighted by Crippen LogP contribution is -2.55. The Morgan fingerprint density at radius 3 is 2.80 bits per heavy atom. The molecule has 2 saturated heterocycles. The number of fused-ring (bicyclic) bond motifs is 1. The van der Waals surface area contributed by atoms with Crippen LogP contribution in [0.4, 0.5) is 15.9 Å². The van der Waals surface area contributed by atoms with Crippen LogP contribution in [0, 0.1) is 24.1 Å². The van der Waals surface area contributed by atoms with Gasteiger partial charge in [-0.2, -0.15) is 15.2 Å². The average molecular weight is 548 g/mol. The van der Waals surface area contributed by atoms with E-state index < -0.39 is 0 Å². The van der Waals surface area contributed by atoms with Gasteiger partial charge in [-0.1, -0.05) is 12.6 Å². The number of hydrogen-bond acceptors (Lipinski definition) is 8. The van der Waals surface area contributed by atoms with Crippen molar-refractivity contribution in [2.75, 3.05) is 56.2 Å². The summed E-state index contributed by atoms with van der Waals surface area (Å²) in [7, 11) is 2.11. The van der Waals surface area contributed by atoms with Crippen LogP contribution in [0.25, 0.3) is 0 Å². The number of likely N-dealkylation sites (tertiary alicyclic amines) is 1. The maximum atomic E-state index is 14.5. The minimum Gasteiger partial charge on any atom is -0.462 e. The summed E-state index contributed by atoms with van der Waals surface area (Å²) in [5.74, 6) is 0.434. The van der Waals surface area contributed by atoms with Gasteiger partial charge in [0, 0.05) is 49.0 Å². The van der Waals surface area contributed by atoms with Crippen LogP contribution in [0.5, 0.6) is 6.01 Å². The normalized spacial score (nSPS) is 21.5. The number of nitriles is 1. The minimum absolute atomic E-state index is 0.160. The van der Waals surface area contributed by atoms with Crippen molar-refractivity contribution in [2.45, 2.75) is 57.7 Å². The van der Waals surface area contributed by atoms with E-state index in [1.165, 1.54) is 12.1 Å². The van der Waals surface area contributed by atoms with Gasteiger partial charge in [-0.25, -0.2) is 4.39 Å². The van der Waals surface area contributed by atoms with E-state index in [9.17, 15) is 14.4 Å². The SMILES string of the molecule is C=CC(=O)N1CCN(c2nc(OCC3CCCN3C)nc3c2CCCN(c2cccc(F)c2C)C3)CC1CC#N. The molecule has 0 radical (unpaired) electrons. The van der Waals surface area contributed by atoms with Gasteiger partial charge in [0.1, 0.15) is 18.2 Å². The summed E-state index contributed by atoms with van der Waals surface area (Å²) < 4.78 is 20.7. The molecule has 2 aromatic rings. The van der Waals surface area contributed by atoms with Crippen LogP contribution in [0.15, 0.2) is 30.9 Å². The van der Waals surface area contributed by atoms with Gasteiger partial charge in [0.15, 0.2) is 0 Å². The van der Waals surface area contributed by atoms with E-state index in [0.717, 1.165) is 61.5 Å². The number of carbonyl (C=O) groups excluding carboxylic acids is 1. The number of piperazine rings is 1. The number of anilines is 2. The smallest absolute Gasteiger partial charge is 0.318 e. The molecule has 0 bridgehead atoms. The lowest BCUT2D eigenvalue weighted by Gasteiger charge is -2.41. The van der Waals surface area contributed by atoms with Crippen LogP contribution in [-0.2, 0) is 17.8 Å². The molecular weight excluding hydrogens is 509 g/mol. The predicted molar refractivity (Wildman–Crippen MR) is 152 cm³/mol. The predicted octanol–water partition coefficient (Wildman–Crippen LogP) is 3.47. The van der Waals surface area contributed by atoms with E-state index in [0.29, 0.717) is 50.4 Å². The first-order valence-electron chi connectivity index (χ1n) is 14.2. The van der Waals surface area contributed by atoms with E-state index in [4.69, 9.17) is 14.7 Å². The van der Waals surface area contributed by atoms with Crippen molar-refractivity contribution in [1.82, 2.24) is 19.8 Å². The largest absolute Gasteiger partial charge is 0.462 e. The summed E-state index contributed by atoms with van der Waals surface area (Å²) in [6.45, 7) is 9.86. The van der Waals surface area contributed by atoms with Crippen molar-refractivity contribution in [3.8, 4) is 12.1 Å². The molecule has 1 aromatic heterocycles. The molecule has 2 unspecified atom stereocenters. The number of aromatic nitrogens is 2. The van der Waals surface area contributed by atoms with Crippen molar-refractivity contribution >= 4 is 17.4 Å². The minimum atomic E-state index is -0.261. The van der Waals surface area contributed by atoms with E-state index in [1.807, 2.05) is 13.0 Å². The molecule has 10 heteroatoms. The highest BCUT2D eigenvalue weighted by molar-refractivity contribution is 5.87. The van der Waals surface area contributed by atoms with Crippen LogP contribution < -0.4 is 14.5 Å². The quantitative estimate of drug-likeness (QED) is 0.487. The second kappa shape index (κ2) is 12.2. The maximum absolute atomic E-state index is 14.5. The molecule has 3 aliphatic rings. The Morgan fingerprint density at radius 1 is 1.20 bits per heavy atom. The molecule has 5 rings (SSSR count). The molecule has 1 amide bonds. The standard InChI is InChI=1S/C30H38FN7O2/c1-4-28(39)38-17-16-37(18-22(38)12-13-32)29-24-9-7-15-36(27-11-5-10-25(31)21(27)2)19-26(24)33-30(34-29)40-20-23-8-6-14-35(23)3/h4-5,10-11,22-23H,1,6-9,12,14-20H2,2-3H3. The highest BCUT2D eigenvalue weighted by atomic mass is 19.1. The molecule has 40 heavy (non-hydrogen) atoms. The van der Waals surface area contributed by atoms with Gasteiger partial charge in [-0.05, 0) is 64.4 Å². The van der Waals surface area contributed by atoms with Crippen molar-refractivity contribution in [3.05, 3.63) is 53.5 Å². The number of halogens is 1. The van der Waals surface area contributed by atoms with Crippen LogP contribution in [0.1, 0.15) is 42.5 Å². The molecular formula is C30H38FN7O2. The lowest BCUT2D eigenvalue weighted by atomic mass is 10.1. The van der Waals surface area contributed by atoms with Crippen molar-refractivity contribution in [3.63, 3.8) is 0 Å². The van der Waals surface area contributed by atoms with E-state index in [1.54, 1.807) is 11.0 Å². The van der Waals surface area contributed by atoms with E-state index in [-0.39, 0.29) is 24.2 Å². The summed E-state index contributed by atoms with van der Waals surface area (Å²) in [4.78, 5) is 30.7. The molecule has 0 saturated carbocycles. The van der Waals surface area contributed by atoms with Crippen LogP contribution in [-0.4, -0.2) is 84.1 Å². The Hall–Kier alpha value is -3.71. The van der Waals surface area contributed by atoms with Crippen molar-refractivity contribution in [2.24, 2.45) is 0 Å². The molecule has 3 aliphatic heterocycles. The number of likely N-dealkylation sites (N-methyl/N-ethyl adjacent to an activating group) is 1. The van der Waals surface area contributed by atoms with Crippen molar-refractivity contribution in [1.29, 1.82) is 5.26 Å². The summed E-state index contributed by atoms with van der Waals surface area (Å²) in [5.41, 5.74) is 3.43. The van der Waals surface area contributed by atoms with Gasteiger partial charge in [-0.15, -0.1) is 0 Å². The zero-order valence-electron chi connectivity index (χ0n) is 23.5. The monoisotopic (exact) mass is 547 g/mol. The number of rotatable bonds is 7. The zero-order chi connectivity index (χ0) is 28.2. The highest BCUT2D eigenvalue weighted by Gasteiger charge is 2.33. The highest BCUT2D eigenvalue weighted by Crippen LogP contribution is 2.33. The molecule has 2 fully saturated rings. The summed E-state index contributed by atoms with van der Waals surface area (Å²) in [6.07, 6.45) is 5.41. The fourth-order valence-corrected chi connectivity index (χ4v) is 6.15. The number of amides is 1. The zero-order valence-corrected chi connectivity index (χ0v) is 23.5. The molecule has 0 N–H and O–H groups in total. The third kappa shape index (κ3) is 5.75. The van der Waals surface area contributed by atoms with Crippen LogP contribution in [0.2, 0.25) is 0 Å². The number of nitrogens with zero attached hydrogens (tertiary/aromatic N) is 7. The summed E-state index contributed by atoms with van der Waals surface area (Å²) >= 11 is 0. The third-order valence-corrected chi connectivity index (χ3v) is 8.47. The van der Waals surface area contributed by atoms with Crippen LogP contribution >= 0.6 is 0 Å². The Bertz CT molecular complexity index is 1300. The Balaban J connectivity index is 1.49. The summed E-state index contributed by atoms with van der Waals surface area (Å²) in [6, 6.07) is 7.84. The van der Waals surface area contributed by atoms with Crippen LogP contribution in [0.3, 0.4) is 0 Å². The van der Waals surface area contributed by atoms with Crippen molar-refractivity contribution < 1.29 is 13.9 Å². The molecule has 0 aliphatic carbocycles. The average Bonchev–Trinajstić information content (AvgIpc) is 3.25. The molecule has 1 aromatic carbocycles. The first-order valence-corrected chi connectivity index (χ1v) is 14.2. The van der Waals surface area contributed by atoms with Gasteiger partial charge in [0.25, 0.3) is 0 Å². The van der Waals surface area contributed by atoms with Gasteiger partial charge in [0.2, 0.25) is 5.91 Å². The van der Waals surface area contributed by atoms with Gasteiger partial charge in [-0.3, -0.25) is 4.79 Å². The number of hydrogen-bond donors (Lipinski definition) is 0. The number of ether oxygens (including phenoxy) is 1. The van der Waals surface area contributed by atoms with Gasteiger partial charge in [0.05, 0.1) is 30.8 Å². The fourth-order valence-electron chi connectivity index (χ4n) is 6.15. The fraction of sp³-hybridized carbons (Fsp3) is 0.533. The van der Waals surface area contributed by atoms with Gasteiger partial charge >= 0.3 is 6.01 Å². The Morgan fingerprint density at radius 2 is 2.05 bits per heavy atom. The molecule has 4 heterocycles. The van der Waals surface area contributed by atoms with E-state index >= 15 is 0 Å². The Kier molecular flexibility index (Phi) is 8.50. The number of benzene rings is 1. The second-order valence-electron chi connectivity index (χ2n) is 10.9. The number of carbonyl (C=O) groups is 1. The van der Waals surface area contributed by atoms with Gasteiger partial charge < -0.3 is 24.3 Å². The molecule has 9 nitrogen and oxygen atoms in total. The Labute approximate surface area is 235 Å². The third-order valence-electron chi connectivity index (χ3n) is 8.47. The second-order valence-corrected chi connectivity index (χ2v) is 10.9. The molecule has 212 valence electrons. The molecule has 2 atom stereocenters. The molecule has 0 spiro atoms. The summed E-state index contributed by atoms with van der Waals surface area (Å²) in [5, 5.41) is 9.48. The topological polar surface area (TPSA) is 88.8 Å². The maximum Gasteiger partial charge on any atom is 0.318 e.